The first-order valence-electron chi connectivity index (χ1n) is 6.27. The van der Waals surface area contributed by atoms with Crippen molar-refractivity contribution in [3.05, 3.63) is 48.5 Å². The highest BCUT2D eigenvalue weighted by Crippen LogP contribution is 2.32. The van der Waals surface area contributed by atoms with Crippen LogP contribution in [-0.4, -0.2) is 28.3 Å². The van der Waals surface area contributed by atoms with E-state index in [1.807, 2.05) is 12.1 Å². The first-order valence-corrected chi connectivity index (χ1v) is 6.27. The molecule has 0 aliphatic rings. The van der Waals surface area contributed by atoms with Crippen molar-refractivity contribution in [2.75, 3.05) is 38.1 Å². The Labute approximate surface area is 115 Å². The van der Waals surface area contributed by atoms with Gasteiger partial charge in [-0.25, -0.2) is 0 Å². The molecule has 0 aliphatic carbocycles. The Balaban J connectivity index is 2.35. The number of ether oxygens (including phenoxy) is 1. The second kappa shape index (κ2) is 5.65. The van der Waals surface area contributed by atoms with Crippen LogP contribution < -0.4 is 14.5 Å². The molecule has 0 heterocycles. The average Bonchev–Trinajstić information content (AvgIpc) is 2.46. The summed E-state index contributed by atoms with van der Waals surface area (Å²) in [7, 11) is 7.87. The van der Waals surface area contributed by atoms with Crippen molar-refractivity contribution in [2.24, 2.45) is 0 Å². The van der Waals surface area contributed by atoms with Gasteiger partial charge in [-0.1, -0.05) is 12.1 Å². The van der Waals surface area contributed by atoms with E-state index in [4.69, 9.17) is 4.74 Å². The van der Waals surface area contributed by atoms with Crippen molar-refractivity contribution < 1.29 is 4.74 Å². The van der Waals surface area contributed by atoms with E-state index in [1.165, 1.54) is 11.4 Å². The van der Waals surface area contributed by atoms with Crippen LogP contribution in [-0.2, 0) is 0 Å². The van der Waals surface area contributed by atoms with Crippen LogP contribution in [0.2, 0.25) is 0 Å². The summed E-state index contributed by atoms with van der Waals surface area (Å²) >= 11 is 0. The molecule has 2 aromatic rings. The molecule has 0 fully saturated rings. The SMILES string of the molecule is COc1ccc(N(C)c2ccccc2N(C)C)cc1. The summed E-state index contributed by atoms with van der Waals surface area (Å²) in [5.74, 6) is 0.873. The van der Waals surface area contributed by atoms with Gasteiger partial charge >= 0.3 is 0 Å². The quantitative estimate of drug-likeness (QED) is 0.832. The van der Waals surface area contributed by atoms with Crippen molar-refractivity contribution in [3.8, 4) is 5.75 Å². The Morgan fingerprint density at radius 3 is 1.89 bits per heavy atom. The minimum atomic E-state index is 0.873. The van der Waals surface area contributed by atoms with Crippen molar-refractivity contribution in [3.63, 3.8) is 0 Å². The van der Waals surface area contributed by atoms with Crippen molar-refractivity contribution in [1.82, 2.24) is 0 Å². The van der Waals surface area contributed by atoms with Crippen LogP contribution in [0.3, 0.4) is 0 Å². The fourth-order valence-electron chi connectivity index (χ4n) is 2.07. The van der Waals surface area contributed by atoms with Crippen molar-refractivity contribution in [2.45, 2.75) is 0 Å². The lowest BCUT2D eigenvalue weighted by molar-refractivity contribution is 0.415. The molecule has 0 bridgehead atoms. The van der Waals surface area contributed by atoms with Gasteiger partial charge in [-0.05, 0) is 36.4 Å². The number of anilines is 3. The summed E-state index contributed by atoms with van der Waals surface area (Å²) in [4.78, 5) is 4.30. The molecule has 0 aliphatic heterocycles. The zero-order valence-electron chi connectivity index (χ0n) is 11.9. The normalized spacial score (nSPS) is 10.1. The standard InChI is InChI=1S/C16H20N2O/c1-17(2)15-7-5-6-8-16(15)18(3)13-9-11-14(19-4)12-10-13/h5-12H,1-4H3. The third-order valence-electron chi connectivity index (χ3n) is 3.18. The summed E-state index contributed by atoms with van der Waals surface area (Å²) in [6, 6.07) is 16.4. The summed E-state index contributed by atoms with van der Waals surface area (Å²) in [6.07, 6.45) is 0. The topological polar surface area (TPSA) is 15.7 Å². The largest absolute Gasteiger partial charge is 0.497 e. The Kier molecular flexibility index (Phi) is 3.95. The van der Waals surface area contributed by atoms with Gasteiger partial charge in [0, 0.05) is 26.8 Å². The molecule has 0 radical (unpaired) electrons. The van der Waals surface area contributed by atoms with Crippen LogP contribution >= 0.6 is 0 Å². The van der Waals surface area contributed by atoms with Crippen LogP contribution in [0.1, 0.15) is 0 Å². The molecule has 3 heteroatoms. The van der Waals surface area contributed by atoms with Crippen molar-refractivity contribution >= 4 is 17.1 Å². The van der Waals surface area contributed by atoms with Gasteiger partial charge < -0.3 is 14.5 Å². The van der Waals surface area contributed by atoms with Crippen LogP contribution in [0.25, 0.3) is 0 Å². The van der Waals surface area contributed by atoms with Gasteiger partial charge in [0.1, 0.15) is 5.75 Å². The molecule has 0 atom stereocenters. The zero-order valence-corrected chi connectivity index (χ0v) is 11.9. The second-order valence-corrected chi connectivity index (χ2v) is 4.64. The van der Waals surface area contributed by atoms with Gasteiger partial charge in [0.05, 0.1) is 18.5 Å². The lowest BCUT2D eigenvalue weighted by Crippen LogP contribution is -2.16. The van der Waals surface area contributed by atoms with E-state index in [0.717, 1.165) is 11.4 Å². The number of hydrogen-bond acceptors (Lipinski definition) is 3. The number of hydrogen-bond donors (Lipinski definition) is 0. The molecule has 0 saturated heterocycles. The predicted octanol–water partition coefficient (Wildman–Crippen LogP) is 3.53. The monoisotopic (exact) mass is 256 g/mol. The van der Waals surface area contributed by atoms with E-state index in [0.29, 0.717) is 0 Å². The first kappa shape index (κ1) is 13.3. The van der Waals surface area contributed by atoms with E-state index in [1.54, 1.807) is 7.11 Å². The fourth-order valence-corrected chi connectivity index (χ4v) is 2.07. The molecular formula is C16H20N2O. The van der Waals surface area contributed by atoms with Crippen LogP contribution in [0.5, 0.6) is 5.75 Å². The minimum Gasteiger partial charge on any atom is -0.497 e. The van der Waals surface area contributed by atoms with Crippen LogP contribution in [0.15, 0.2) is 48.5 Å². The fraction of sp³-hybridized carbons (Fsp3) is 0.250. The second-order valence-electron chi connectivity index (χ2n) is 4.64. The Morgan fingerprint density at radius 1 is 0.789 bits per heavy atom. The summed E-state index contributed by atoms with van der Waals surface area (Å²) in [5.41, 5.74) is 3.51. The third kappa shape index (κ3) is 2.81. The molecular weight excluding hydrogens is 236 g/mol. The first-order chi connectivity index (χ1) is 9.13. The van der Waals surface area contributed by atoms with Crippen LogP contribution in [0, 0.1) is 0 Å². The predicted molar refractivity (Wildman–Crippen MR) is 81.8 cm³/mol. The molecule has 19 heavy (non-hydrogen) atoms. The highest BCUT2D eigenvalue weighted by molar-refractivity contribution is 5.76. The molecule has 0 unspecified atom stereocenters. The molecule has 0 spiro atoms. The molecule has 0 aromatic heterocycles. The minimum absolute atomic E-state index is 0.873. The maximum atomic E-state index is 5.19. The lowest BCUT2D eigenvalue weighted by atomic mass is 10.2. The van der Waals surface area contributed by atoms with E-state index in [-0.39, 0.29) is 0 Å². The van der Waals surface area contributed by atoms with Crippen molar-refractivity contribution in [1.29, 1.82) is 0 Å². The lowest BCUT2D eigenvalue weighted by Gasteiger charge is -2.25. The Hall–Kier alpha value is -2.16. The van der Waals surface area contributed by atoms with Gasteiger partial charge in [-0.15, -0.1) is 0 Å². The van der Waals surface area contributed by atoms with E-state index < -0.39 is 0 Å². The van der Waals surface area contributed by atoms with E-state index in [9.17, 15) is 0 Å². The maximum absolute atomic E-state index is 5.19. The van der Waals surface area contributed by atoms with E-state index in [2.05, 4.69) is 67.3 Å². The molecule has 2 aromatic carbocycles. The third-order valence-corrected chi connectivity index (χ3v) is 3.18. The highest BCUT2D eigenvalue weighted by atomic mass is 16.5. The molecule has 0 amide bonds. The van der Waals surface area contributed by atoms with E-state index >= 15 is 0 Å². The number of para-hydroxylation sites is 2. The number of methoxy groups -OCH3 is 1. The van der Waals surface area contributed by atoms with Gasteiger partial charge in [-0.2, -0.15) is 0 Å². The zero-order chi connectivity index (χ0) is 13.8. The molecule has 0 N–H and O–H groups in total. The smallest absolute Gasteiger partial charge is 0.119 e. The Morgan fingerprint density at radius 2 is 1.37 bits per heavy atom. The Bertz CT molecular complexity index is 535. The maximum Gasteiger partial charge on any atom is 0.119 e. The molecule has 100 valence electrons. The molecule has 0 saturated carbocycles. The van der Waals surface area contributed by atoms with Gasteiger partial charge in [0.2, 0.25) is 0 Å². The molecule has 3 nitrogen and oxygen atoms in total. The molecule has 2 rings (SSSR count). The summed E-state index contributed by atoms with van der Waals surface area (Å²) in [6.45, 7) is 0. The van der Waals surface area contributed by atoms with Gasteiger partial charge in [-0.3, -0.25) is 0 Å². The summed E-state index contributed by atoms with van der Waals surface area (Å²) in [5, 5.41) is 0. The number of nitrogens with zero attached hydrogens (tertiary/aromatic N) is 2. The average molecular weight is 256 g/mol. The summed E-state index contributed by atoms with van der Waals surface area (Å²) < 4.78 is 5.19. The van der Waals surface area contributed by atoms with Crippen LogP contribution in [0.4, 0.5) is 17.1 Å². The number of benzene rings is 2. The number of rotatable bonds is 4. The van der Waals surface area contributed by atoms with Gasteiger partial charge in [0.15, 0.2) is 0 Å². The highest BCUT2D eigenvalue weighted by Gasteiger charge is 2.10. The van der Waals surface area contributed by atoms with Gasteiger partial charge in [0.25, 0.3) is 0 Å².